The molecule has 0 unspecified atom stereocenters. The Hall–Kier alpha value is -3.09. The second-order valence-electron chi connectivity index (χ2n) is 12.0. The average molecular weight is 551 g/mol. The lowest BCUT2D eigenvalue weighted by atomic mass is 9.86. The first-order chi connectivity index (χ1) is 18.5. The largest absolute Gasteiger partial charge is 0.444 e. The number of nitrogens with one attached hydrogen (secondary N) is 2. The standard InChI is InChI=1S/C30H42N6O2S/c1-29(2,3)38-28(37)32-12-11-30(4,5)26-21-39-27(34-26)36-16-14-35(15-17-36)13-7-6-8-23-20-33-25-10-9-22(19-31)18-24(23)25/h9-10,18,20-21,33H,6-8,11-17H2,1-5H3,(H,32,37). The molecule has 2 aromatic heterocycles. The number of anilines is 1. The Morgan fingerprint density at radius 2 is 1.95 bits per heavy atom. The highest BCUT2D eigenvalue weighted by Crippen LogP contribution is 2.32. The number of piperazine rings is 1. The summed E-state index contributed by atoms with van der Waals surface area (Å²) in [5.74, 6) is 0. The van der Waals surface area contributed by atoms with Gasteiger partial charge >= 0.3 is 6.09 Å². The molecule has 39 heavy (non-hydrogen) atoms. The quantitative estimate of drug-likeness (QED) is 0.308. The van der Waals surface area contributed by atoms with Gasteiger partial charge in [-0.15, -0.1) is 11.3 Å². The Balaban J connectivity index is 1.18. The van der Waals surface area contributed by atoms with E-state index in [1.165, 1.54) is 10.9 Å². The van der Waals surface area contributed by atoms with Crippen molar-refractivity contribution < 1.29 is 9.53 Å². The number of rotatable bonds is 10. The highest BCUT2D eigenvalue weighted by Gasteiger charge is 2.26. The Bertz CT molecular complexity index is 1290. The summed E-state index contributed by atoms with van der Waals surface area (Å²) in [6.45, 7) is 15.7. The summed E-state index contributed by atoms with van der Waals surface area (Å²) in [4.78, 5) is 25.2. The zero-order valence-corrected chi connectivity index (χ0v) is 24.8. The third-order valence-corrected chi connectivity index (χ3v) is 8.21. The van der Waals surface area contributed by atoms with Gasteiger partial charge in [-0.3, -0.25) is 4.90 Å². The number of H-pyrrole nitrogens is 1. The third kappa shape index (κ3) is 7.96. The van der Waals surface area contributed by atoms with Gasteiger partial charge in [-0.25, -0.2) is 9.78 Å². The van der Waals surface area contributed by atoms with Crippen LogP contribution in [-0.2, 0) is 16.6 Å². The number of aromatic amines is 1. The van der Waals surface area contributed by atoms with Crippen molar-refractivity contribution in [2.45, 2.75) is 71.3 Å². The minimum atomic E-state index is -0.491. The van der Waals surface area contributed by atoms with Gasteiger partial charge < -0.3 is 19.9 Å². The SMILES string of the molecule is CC(C)(C)OC(=O)NCCC(C)(C)c1csc(N2CCN(CCCCc3c[nH]c4ccc(C#N)cc34)CC2)n1. The number of unbranched alkanes of at least 4 members (excludes halogenated alkanes) is 1. The molecule has 1 aromatic carbocycles. The second kappa shape index (κ2) is 12.4. The second-order valence-corrected chi connectivity index (χ2v) is 12.9. The summed E-state index contributed by atoms with van der Waals surface area (Å²) in [5.41, 5.74) is 3.57. The fraction of sp³-hybridized carbons (Fsp3) is 0.567. The summed E-state index contributed by atoms with van der Waals surface area (Å²) < 4.78 is 5.34. The monoisotopic (exact) mass is 550 g/mol. The summed E-state index contributed by atoms with van der Waals surface area (Å²) in [7, 11) is 0. The number of alkyl carbamates (subject to hydrolysis) is 1. The van der Waals surface area contributed by atoms with E-state index in [9.17, 15) is 10.1 Å². The number of nitriles is 1. The molecule has 4 rings (SSSR count). The van der Waals surface area contributed by atoms with Gasteiger partial charge in [-0.05, 0) is 76.8 Å². The van der Waals surface area contributed by atoms with Crippen molar-refractivity contribution in [2.24, 2.45) is 0 Å². The zero-order valence-electron chi connectivity index (χ0n) is 24.0. The number of fused-ring (bicyclic) bond motifs is 1. The highest BCUT2D eigenvalue weighted by atomic mass is 32.1. The minimum Gasteiger partial charge on any atom is -0.444 e. The summed E-state index contributed by atoms with van der Waals surface area (Å²) >= 11 is 1.72. The third-order valence-electron chi connectivity index (χ3n) is 7.31. The van der Waals surface area contributed by atoms with Crippen LogP contribution in [0.25, 0.3) is 10.9 Å². The van der Waals surface area contributed by atoms with Crippen LogP contribution in [0.4, 0.5) is 9.93 Å². The Morgan fingerprint density at radius 1 is 1.18 bits per heavy atom. The summed E-state index contributed by atoms with van der Waals surface area (Å²) in [6, 6.07) is 8.09. The van der Waals surface area contributed by atoms with Gasteiger partial charge in [0.1, 0.15) is 5.60 Å². The Kier molecular flexibility index (Phi) is 9.19. The van der Waals surface area contributed by atoms with E-state index >= 15 is 0 Å². The molecule has 1 amide bonds. The van der Waals surface area contributed by atoms with E-state index in [1.807, 2.05) is 39.0 Å². The van der Waals surface area contributed by atoms with Crippen molar-refractivity contribution in [3.63, 3.8) is 0 Å². The average Bonchev–Trinajstić information content (AvgIpc) is 3.54. The van der Waals surface area contributed by atoms with Gasteiger partial charge in [0.25, 0.3) is 0 Å². The van der Waals surface area contributed by atoms with Gasteiger partial charge in [0.15, 0.2) is 5.13 Å². The smallest absolute Gasteiger partial charge is 0.407 e. The van der Waals surface area contributed by atoms with E-state index in [0.29, 0.717) is 12.1 Å². The number of ether oxygens (including phenoxy) is 1. The lowest BCUT2D eigenvalue weighted by Gasteiger charge is -2.34. The molecule has 1 saturated heterocycles. The van der Waals surface area contributed by atoms with Gasteiger partial charge in [-0.2, -0.15) is 5.26 Å². The number of aromatic nitrogens is 2. The molecule has 3 aromatic rings. The first-order valence-corrected chi connectivity index (χ1v) is 14.8. The topological polar surface area (TPSA) is 97.3 Å². The van der Waals surface area contributed by atoms with Crippen LogP contribution < -0.4 is 10.2 Å². The van der Waals surface area contributed by atoms with Crippen molar-refractivity contribution in [2.75, 3.05) is 44.2 Å². The Morgan fingerprint density at radius 3 is 2.67 bits per heavy atom. The van der Waals surface area contributed by atoms with Crippen molar-refractivity contribution in [3.05, 3.63) is 46.6 Å². The van der Waals surface area contributed by atoms with Gasteiger partial charge in [0.05, 0.1) is 17.3 Å². The molecule has 8 nitrogen and oxygen atoms in total. The van der Waals surface area contributed by atoms with E-state index in [1.54, 1.807) is 11.3 Å². The van der Waals surface area contributed by atoms with Gasteiger partial charge in [-0.1, -0.05) is 13.8 Å². The molecule has 3 heterocycles. The number of benzene rings is 1. The fourth-order valence-electron chi connectivity index (χ4n) is 4.91. The minimum absolute atomic E-state index is 0.132. The molecule has 1 aliphatic rings. The van der Waals surface area contributed by atoms with Crippen LogP contribution in [0.1, 0.15) is 70.7 Å². The van der Waals surface area contributed by atoms with Crippen molar-refractivity contribution >= 4 is 33.5 Å². The van der Waals surface area contributed by atoms with Crippen LogP contribution in [0.2, 0.25) is 0 Å². The van der Waals surface area contributed by atoms with Crippen LogP contribution >= 0.6 is 11.3 Å². The molecular weight excluding hydrogens is 508 g/mol. The van der Waals surface area contributed by atoms with Gasteiger partial charge in [0, 0.05) is 60.6 Å². The van der Waals surface area contributed by atoms with E-state index in [-0.39, 0.29) is 11.5 Å². The molecule has 1 fully saturated rings. The Labute approximate surface area is 236 Å². The molecule has 1 aliphatic heterocycles. The lowest BCUT2D eigenvalue weighted by Crippen LogP contribution is -2.46. The molecule has 0 bridgehead atoms. The van der Waals surface area contributed by atoms with E-state index in [0.717, 1.165) is 74.7 Å². The first-order valence-electron chi connectivity index (χ1n) is 13.9. The predicted octanol–water partition coefficient (Wildman–Crippen LogP) is 5.83. The van der Waals surface area contributed by atoms with Crippen molar-refractivity contribution in [1.82, 2.24) is 20.2 Å². The molecule has 210 valence electrons. The lowest BCUT2D eigenvalue weighted by molar-refractivity contribution is 0.0524. The van der Waals surface area contributed by atoms with E-state index in [4.69, 9.17) is 9.72 Å². The molecule has 0 radical (unpaired) electrons. The van der Waals surface area contributed by atoms with Crippen LogP contribution in [-0.4, -0.2) is 65.8 Å². The maximum Gasteiger partial charge on any atom is 0.407 e. The number of thiazole rings is 1. The number of carbonyl (C=O) groups is 1. The molecule has 2 N–H and O–H groups in total. The molecule has 0 atom stereocenters. The number of hydrogen-bond acceptors (Lipinski definition) is 7. The summed E-state index contributed by atoms with van der Waals surface area (Å²) in [5, 5.41) is 16.5. The number of aryl methyl sites for hydroxylation is 1. The van der Waals surface area contributed by atoms with Crippen LogP contribution in [0.5, 0.6) is 0 Å². The number of hydrogen-bond donors (Lipinski definition) is 2. The van der Waals surface area contributed by atoms with Gasteiger partial charge in [0.2, 0.25) is 0 Å². The van der Waals surface area contributed by atoms with E-state index < -0.39 is 5.60 Å². The maximum atomic E-state index is 12.0. The molecule has 0 aliphatic carbocycles. The fourth-order valence-corrected chi connectivity index (χ4v) is 5.98. The van der Waals surface area contributed by atoms with Crippen LogP contribution in [0, 0.1) is 11.3 Å². The molecule has 0 spiro atoms. The zero-order chi connectivity index (χ0) is 28.0. The van der Waals surface area contributed by atoms with Crippen LogP contribution in [0.15, 0.2) is 29.8 Å². The predicted molar refractivity (Wildman–Crippen MR) is 159 cm³/mol. The number of nitrogens with zero attached hydrogens (tertiary/aromatic N) is 4. The maximum absolute atomic E-state index is 12.0. The van der Waals surface area contributed by atoms with Crippen molar-refractivity contribution in [3.8, 4) is 6.07 Å². The van der Waals surface area contributed by atoms with Crippen LogP contribution in [0.3, 0.4) is 0 Å². The number of amides is 1. The first kappa shape index (κ1) is 28.9. The highest BCUT2D eigenvalue weighted by molar-refractivity contribution is 7.13. The molecular formula is C30H42N6O2S. The normalized spacial score (nSPS) is 14.9. The number of carbonyl (C=O) groups excluding carboxylic acids is 1. The molecule has 9 heteroatoms. The summed E-state index contributed by atoms with van der Waals surface area (Å²) in [6.07, 6.45) is 5.84. The molecule has 0 saturated carbocycles. The van der Waals surface area contributed by atoms with E-state index in [2.05, 4.69) is 51.6 Å². The van der Waals surface area contributed by atoms with Crippen molar-refractivity contribution in [1.29, 1.82) is 5.26 Å².